The first-order valence-electron chi connectivity index (χ1n) is 7.20. The Morgan fingerprint density at radius 3 is 2.95 bits per heavy atom. The molecule has 1 aliphatic rings. The molecule has 0 saturated carbocycles. The summed E-state index contributed by atoms with van der Waals surface area (Å²) in [4.78, 5) is 0. The number of hydrogen-bond donors (Lipinski definition) is 0. The predicted molar refractivity (Wildman–Crippen MR) is 81.8 cm³/mol. The van der Waals surface area contributed by atoms with E-state index in [0.717, 1.165) is 18.6 Å². The van der Waals surface area contributed by atoms with Crippen LogP contribution in [0.4, 0.5) is 0 Å². The number of hydrogen-bond acceptors (Lipinski definition) is 1. The maximum atomic E-state index is 5.34. The molecule has 0 bridgehead atoms. The molecule has 0 aromatic heterocycles. The van der Waals surface area contributed by atoms with E-state index >= 15 is 0 Å². The van der Waals surface area contributed by atoms with Gasteiger partial charge >= 0.3 is 0 Å². The van der Waals surface area contributed by atoms with E-state index in [9.17, 15) is 0 Å². The number of fused-ring (bicyclic) bond motifs is 1. The van der Waals surface area contributed by atoms with E-state index < -0.39 is 0 Å². The summed E-state index contributed by atoms with van der Waals surface area (Å²) in [5.74, 6) is 2.21. The first-order valence-corrected chi connectivity index (χ1v) is 7.20. The van der Waals surface area contributed by atoms with Crippen molar-refractivity contribution in [3.8, 4) is 5.75 Å². The normalized spacial score (nSPS) is 22.2. The third-order valence-electron chi connectivity index (χ3n) is 4.20. The molecule has 1 heteroatoms. The lowest BCUT2D eigenvalue weighted by molar-refractivity contribution is 0.404. The highest BCUT2D eigenvalue weighted by molar-refractivity contribution is 5.40. The first-order chi connectivity index (χ1) is 9.30. The molecule has 1 aromatic carbocycles. The summed E-state index contributed by atoms with van der Waals surface area (Å²) in [6.07, 6.45) is 11.3. The fourth-order valence-corrected chi connectivity index (χ4v) is 3.14. The smallest absolute Gasteiger partial charge is 0.119 e. The summed E-state index contributed by atoms with van der Waals surface area (Å²) >= 11 is 0. The summed E-state index contributed by atoms with van der Waals surface area (Å²) in [5.41, 5.74) is 2.96. The van der Waals surface area contributed by atoms with E-state index in [4.69, 9.17) is 4.74 Å². The Morgan fingerprint density at radius 2 is 2.26 bits per heavy atom. The quantitative estimate of drug-likeness (QED) is 0.682. The third kappa shape index (κ3) is 3.09. The van der Waals surface area contributed by atoms with Gasteiger partial charge in [-0.25, -0.2) is 0 Å². The maximum absolute atomic E-state index is 5.34. The van der Waals surface area contributed by atoms with Gasteiger partial charge in [0.15, 0.2) is 0 Å². The Balaban J connectivity index is 2.26. The second kappa shape index (κ2) is 6.60. The fraction of sp³-hybridized carbons (Fsp3) is 0.444. The van der Waals surface area contributed by atoms with Crippen LogP contribution in [0.2, 0.25) is 0 Å². The maximum Gasteiger partial charge on any atom is 0.119 e. The highest BCUT2D eigenvalue weighted by atomic mass is 16.5. The summed E-state index contributed by atoms with van der Waals surface area (Å²) in [7, 11) is 1.74. The van der Waals surface area contributed by atoms with E-state index in [1.165, 1.54) is 24.0 Å². The average Bonchev–Trinajstić information content (AvgIpc) is 2.46. The monoisotopic (exact) mass is 256 g/mol. The van der Waals surface area contributed by atoms with Crippen LogP contribution < -0.4 is 4.74 Å². The Labute approximate surface area is 117 Å². The summed E-state index contributed by atoms with van der Waals surface area (Å²) in [5, 5.41) is 0. The topological polar surface area (TPSA) is 9.23 Å². The molecular weight excluding hydrogens is 232 g/mol. The van der Waals surface area contributed by atoms with E-state index in [-0.39, 0.29) is 0 Å². The SMILES string of the molecule is C=C[C@@H]1CCc2cc(OC)ccc2[C@H]1CC/C=C/C. The number of allylic oxidation sites excluding steroid dienone is 3. The molecular formula is C18H24O. The van der Waals surface area contributed by atoms with Crippen LogP contribution in [0.1, 0.15) is 43.2 Å². The highest BCUT2D eigenvalue weighted by Gasteiger charge is 2.27. The molecule has 0 unspecified atom stereocenters. The van der Waals surface area contributed by atoms with Gasteiger partial charge in [-0.1, -0.05) is 24.3 Å². The highest BCUT2D eigenvalue weighted by Crippen LogP contribution is 2.41. The molecule has 0 radical (unpaired) electrons. The van der Waals surface area contributed by atoms with Gasteiger partial charge < -0.3 is 4.74 Å². The van der Waals surface area contributed by atoms with Crippen molar-refractivity contribution in [3.63, 3.8) is 0 Å². The van der Waals surface area contributed by atoms with Gasteiger partial charge in [0.05, 0.1) is 7.11 Å². The van der Waals surface area contributed by atoms with Gasteiger partial charge in [-0.2, -0.15) is 0 Å². The molecule has 0 spiro atoms. The van der Waals surface area contributed by atoms with Crippen molar-refractivity contribution in [2.24, 2.45) is 5.92 Å². The molecule has 19 heavy (non-hydrogen) atoms. The zero-order chi connectivity index (χ0) is 13.7. The third-order valence-corrected chi connectivity index (χ3v) is 4.20. The molecule has 0 N–H and O–H groups in total. The zero-order valence-corrected chi connectivity index (χ0v) is 12.1. The Kier molecular flexibility index (Phi) is 4.84. The van der Waals surface area contributed by atoms with Crippen LogP contribution in [0.15, 0.2) is 43.0 Å². The molecule has 1 nitrogen and oxygen atoms in total. The van der Waals surface area contributed by atoms with Gasteiger partial charge in [0.2, 0.25) is 0 Å². The second-order valence-corrected chi connectivity index (χ2v) is 5.26. The van der Waals surface area contributed by atoms with Crippen LogP contribution >= 0.6 is 0 Å². The predicted octanol–water partition coefficient (Wildman–Crippen LogP) is 4.88. The van der Waals surface area contributed by atoms with Crippen molar-refractivity contribution in [1.82, 2.24) is 0 Å². The van der Waals surface area contributed by atoms with E-state index in [1.807, 2.05) is 0 Å². The Hall–Kier alpha value is -1.50. The summed E-state index contributed by atoms with van der Waals surface area (Å²) < 4.78 is 5.34. The average molecular weight is 256 g/mol. The van der Waals surface area contributed by atoms with Crippen LogP contribution in [0.5, 0.6) is 5.75 Å². The summed E-state index contributed by atoms with van der Waals surface area (Å²) in [6.45, 7) is 6.11. The van der Waals surface area contributed by atoms with Crippen molar-refractivity contribution in [2.45, 2.75) is 38.5 Å². The lowest BCUT2D eigenvalue weighted by Gasteiger charge is -2.32. The number of methoxy groups -OCH3 is 1. The number of ether oxygens (including phenoxy) is 1. The first kappa shape index (κ1) is 13.9. The fourth-order valence-electron chi connectivity index (χ4n) is 3.14. The minimum atomic E-state index is 0.614. The van der Waals surface area contributed by atoms with E-state index in [0.29, 0.717) is 11.8 Å². The molecule has 0 aliphatic heterocycles. The van der Waals surface area contributed by atoms with Crippen molar-refractivity contribution < 1.29 is 4.74 Å². The second-order valence-electron chi connectivity index (χ2n) is 5.26. The summed E-state index contributed by atoms with van der Waals surface area (Å²) in [6, 6.07) is 6.55. The standard InChI is InChI=1S/C18H24O/c1-4-6-7-8-17-14(5-2)9-10-15-13-16(19-3)11-12-18(15)17/h4-6,11-14,17H,2,7-10H2,1,3H3/b6-4+/t14-,17+/m1/s1. The van der Waals surface area contributed by atoms with Crippen LogP contribution in [0.3, 0.4) is 0 Å². The zero-order valence-electron chi connectivity index (χ0n) is 12.1. The van der Waals surface area contributed by atoms with Crippen molar-refractivity contribution >= 4 is 0 Å². The Morgan fingerprint density at radius 1 is 1.42 bits per heavy atom. The molecule has 2 rings (SSSR count). The lowest BCUT2D eigenvalue weighted by atomic mass is 9.73. The van der Waals surface area contributed by atoms with Crippen LogP contribution in [-0.2, 0) is 6.42 Å². The molecule has 2 atom stereocenters. The van der Waals surface area contributed by atoms with Gasteiger partial charge in [0.25, 0.3) is 0 Å². The van der Waals surface area contributed by atoms with E-state index in [2.05, 4.69) is 49.9 Å². The van der Waals surface area contributed by atoms with Gasteiger partial charge in [-0.3, -0.25) is 0 Å². The molecule has 0 saturated heterocycles. The molecule has 0 amide bonds. The van der Waals surface area contributed by atoms with Crippen LogP contribution in [0, 0.1) is 5.92 Å². The van der Waals surface area contributed by atoms with Crippen molar-refractivity contribution in [2.75, 3.05) is 7.11 Å². The van der Waals surface area contributed by atoms with Crippen molar-refractivity contribution in [1.29, 1.82) is 0 Å². The molecule has 0 fully saturated rings. The van der Waals surface area contributed by atoms with Gasteiger partial charge in [-0.05, 0) is 67.7 Å². The molecule has 1 aromatic rings. The lowest BCUT2D eigenvalue weighted by Crippen LogP contribution is -2.19. The Bertz CT molecular complexity index is 459. The molecule has 102 valence electrons. The molecule has 0 heterocycles. The van der Waals surface area contributed by atoms with Crippen LogP contribution in [-0.4, -0.2) is 7.11 Å². The van der Waals surface area contributed by atoms with Gasteiger partial charge in [0.1, 0.15) is 5.75 Å². The van der Waals surface area contributed by atoms with E-state index in [1.54, 1.807) is 7.11 Å². The number of benzene rings is 1. The minimum Gasteiger partial charge on any atom is -0.497 e. The number of aryl methyl sites for hydroxylation is 1. The number of rotatable bonds is 5. The van der Waals surface area contributed by atoms with Crippen molar-refractivity contribution in [3.05, 3.63) is 54.1 Å². The molecule has 1 aliphatic carbocycles. The minimum absolute atomic E-state index is 0.614. The van der Waals surface area contributed by atoms with Gasteiger partial charge in [0, 0.05) is 0 Å². The largest absolute Gasteiger partial charge is 0.497 e. The van der Waals surface area contributed by atoms with Gasteiger partial charge in [-0.15, -0.1) is 6.58 Å². The van der Waals surface area contributed by atoms with Crippen LogP contribution in [0.25, 0.3) is 0 Å².